The summed E-state index contributed by atoms with van der Waals surface area (Å²) in [5.41, 5.74) is 2.27. The minimum absolute atomic E-state index is 0.0254. The van der Waals surface area contributed by atoms with Crippen LogP contribution in [0.5, 0.6) is 11.5 Å². The van der Waals surface area contributed by atoms with Gasteiger partial charge in [0.2, 0.25) is 0 Å². The van der Waals surface area contributed by atoms with Gasteiger partial charge in [-0.25, -0.2) is 4.79 Å². The van der Waals surface area contributed by atoms with E-state index in [1.54, 1.807) is 24.0 Å². The van der Waals surface area contributed by atoms with Crippen LogP contribution in [-0.2, 0) is 30.3 Å². The highest BCUT2D eigenvalue weighted by molar-refractivity contribution is 5.94. The number of likely N-dealkylation sites (tertiary alicyclic amines) is 1. The van der Waals surface area contributed by atoms with E-state index in [-0.39, 0.29) is 24.5 Å². The number of carbonyl (C=O) groups excluding carboxylic acids is 2. The SMILES string of the molecule is COCCCN(C(=O)COC1CN(C(=O)OC(C)(C)C)CCC1c1ccc(OCCCOCc2ccccc2OC)cc1)c1ccccc1. The molecule has 1 saturated heterocycles. The molecule has 0 aromatic heterocycles. The second-order valence-corrected chi connectivity index (χ2v) is 13.0. The Bertz CT molecular complexity index is 1430. The van der Waals surface area contributed by atoms with Crippen molar-refractivity contribution >= 4 is 17.7 Å². The van der Waals surface area contributed by atoms with Crippen LogP contribution in [0.3, 0.4) is 0 Å². The molecule has 2 unspecified atom stereocenters. The Morgan fingerprint density at radius 3 is 2.33 bits per heavy atom. The maximum atomic E-state index is 13.6. The summed E-state index contributed by atoms with van der Waals surface area (Å²) in [6.45, 7) is 8.90. The van der Waals surface area contributed by atoms with E-state index in [1.165, 1.54) is 0 Å². The molecule has 0 aliphatic carbocycles. The van der Waals surface area contributed by atoms with Gasteiger partial charge in [-0.1, -0.05) is 48.5 Å². The summed E-state index contributed by atoms with van der Waals surface area (Å²) in [4.78, 5) is 30.0. The number of methoxy groups -OCH3 is 2. The zero-order valence-corrected chi connectivity index (χ0v) is 29.6. The number of piperidine rings is 1. The van der Waals surface area contributed by atoms with Crippen molar-refractivity contribution < 1.29 is 38.0 Å². The molecule has 266 valence electrons. The van der Waals surface area contributed by atoms with Gasteiger partial charge < -0.3 is 38.2 Å². The fourth-order valence-electron chi connectivity index (χ4n) is 5.75. The van der Waals surface area contributed by atoms with E-state index in [1.807, 2.05) is 99.6 Å². The normalized spacial score (nSPS) is 16.2. The van der Waals surface area contributed by atoms with Crippen LogP contribution in [-0.4, -0.2) is 88.9 Å². The molecule has 0 bridgehead atoms. The second-order valence-electron chi connectivity index (χ2n) is 13.0. The highest BCUT2D eigenvalue weighted by atomic mass is 16.6. The maximum absolute atomic E-state index is 13.6. The highest BCUT2D eigenvalue weighted by Crippen LogP contribution is 2.32. The first-order valence-corrected chi connectivity index (χ1v) is 17.0. The number of rotatable bonds is 17. The highest BCUT2D eigenvalue weighted by Gasteiger charge is 2.36. The van der Waals surface area contributed by atoms with E-state index >= 15 is 0 Å². The number of anilines is 1. The van der Waals surface area contributed by atoms with Crippen LogP contribution >= 0.6 is 0 Å². The number of carbonyl (C=O) groups is 2. The zero-order chi connectivity index (χ0) is 35.1. The molecule has 2 amide bonds. The predicted octanol–water partition coefficient (Wildman–Crippen LogP) is 6.86. The van der Waals surface area contributed by atoms with Crippen molar-refractivity contribution in [2.45, 2.75) is 64.3 Å². The van der Waals surface area contributed by atoms with Crippen molar-refractivity contribution in [1.82, 2.24) is 4.90 Å². The molecule has 0 saturated carbocycles. The van der Waals surface area contributed by atoms with Crippen molar-refractivity contribution in [2.24, 2.45) is 0 Å². The van der Waals surface area contributed by atoms with Crippen LogP contribution in [0, 0.1) is 0 Å². The summed E-state index contributed by atoms with van der Waals surface area (Å²) in [6, 6.07) is 25.4. The predicted molar refractivity (Wildman–Crippen MR) is 189 cm³/mol. The third-order valence-electron chi connectivity index (χ3n) is 8.19. The lowest BCUT2D eigenvalue weighted by Gasteiger charge is -2.39. The molecular weight excluding hydrogens is 624 g/mol. The van der Waals surface area contributed by atoms with Crippen LogP contribution in [0.25, 0.3) is 0 Å². The summed E-state index contributed by atoms with van der Waals surface area (Å²) in [5, 5.41) is 0. The number of hydrogen-bond donors (Lipinski definition) is 0. The topological polar surface area (TPSA) is 96.0 Å². The number of ether oxygens (including phenoxy) is 6. The fourth-order valence-corrected chi connectivity index (χ4v) is 5.75. The van der Waals surface area contributed by atoms with Gasteiger partial charge in [0.05, 0.1) is 39.6 Å². The van der Waals surface area contributed by atoms with E-state index in [4.69, 9.17) is 28.4 Å². The Labute approximate surface area is 291 Å². The molecule has 3 aromatic carbocycles. The Morgan fingerprint density at radius 1 is 0.878 bits per heavy atom. The van der Waals surface area contributed by atoms with Gasteiger partial charge in [-0.3, -0.25) is 4.79 Å². The number of benzene rings is 3. The molecule has 2 atom stereocenters. The second kappa shape index (κ2) is 19.2. The van der Waals surface area contributed by atoms with Gasteiger partial charge >= 0.3 is 6.09 Å². The summed E-state index contributed by atoms with van der Waals surface area (Å²) in [6.07, 6.45) is 1.31. The smallest absolute Gasteiger partial charge is 0.410 e. The minimum Gasteiger partial charge on any atom is -0.496 e. The Morgan fingerprint density at radius 2 is 1.61 bits per heavy atom. The Hall–Kier alpha value is -4.12. The van der Waals surface area contributed by atoms with Crippen molar-refractivity contribution in [3.05, 3.63) is 90.0 Å². The van der Waals surface area contributed by atoms with Crippen molar-refractivity contribution in [3.8, 4) is 11.5 Å². The number of para-hydroxylation sites is 2. The first-order chi connectivity index (χ1) is 23.7. The fraction of sp³-hybridized carbons (Fsp3) is 0.487. The van der Waals surface area contributed by atoms with E-state index < -0.39 is 11.7 Å². The number of amides is 2. The quantitative estimate of drug-likeness (QED) is 0.143. The van der Waals surface area contributed by atoms with Crippen LogP contribution in [0.1, 0.15) is 57.1 Å². The van der Waals surface area contributed by atoms with Crippen molar-refractivity contribution in [1.29, 1.82) is 0 Å². The summed E-state index contributed by atoms with van der Waals surface area (Å²) >= 11 is 0. The first kappa shape index (κ1) is 37.7. The van der Waals surface area contributed by atoms with Gasteiger partial charge in [0.1, 0.15) is 23.7 Å². The minimum atomic E-state index is -0.615. The van der Waals surface area contributed by atoms with Crippen molar-refractivity contribution in [2.75, 3.05) is 65.2 Å². The Balaban J connectivity index is 1.36. The maximum Gasteiger partial charge on any atom is 0.410 e. The van der Waals surface area contributed by atoms with Gasteiger partial charge in [0, 0.05) is 50.4 Å². The molecule has 4 rings (SSSR count). The average Bonchev–Trinajstić information content (AvgIpc) is 3.10. The van der Waals surface area contributed by atoms with E-state index in [9.17, 15) is 9.59 Å². The molecule has 0 N–H and O–H groups in total. The zero-order valence-electron chi connectivity index (χ0n) is 29.6. The van der Waals surface area contributed by atoms with E-state index in [2.05, 4.69) is 0 Å². The third kappa shape index (κ3) is 12.1. The molecule has 10 heteroatoms. The third-order valence-corrected chi connectivity index (χ3v) is 8.19. The lowest BCUT2D eigenvalue weighted by Crippen LogP contribution is -2.49. The standard InChI is InChI=1S/C39H52N2O8/c1-39(2,3)49-38(43)40-23-21-34(36(27-40)48-29-37(42)41(22-11-24-44-4)32-14-7-6-8-15-32)30-17-19-33(20-18-30)47-26-12-25-46-28-31-13-9-10-16-35(31)45-5/h6-10,13-20,34,36H,11-12,21-29H2,1-5H3. The number of nitrogens with zero attached hydrogens (tertiary/aromatic N) is 2. The van der Waals surface area contributed by atoms with Gasteiger partial charge in [-0.2, -0.15) is 0 Å². The summed E-state index contributed by atoms with van der Waals surface area (Å²) in [5.74, 6) is 1.41. The van der Waals surface area contributed by atoms with Gasteiger partial charge in [0.15, 0.2) is 0 Å². The monoisotopic (exact) mass is 676 g/mol. The van der Waals surface area contributed by atoms with Crippen LogP contribution < -0.4 is 14.4 Å². The van der Waals surface area contributed by atoms with E-state index in [0.29, 0.717) is 58.9 Å². The molecule has 1 aliphatic heterocycles. The molecule has 10 nitrogen and oxygen atoms in total. The molecule has 0 spiro atoms. The largest absolute Gasteiger partial charge is 0.496 e. The molecule has 1 heterocycles. The van der Waals surface area contributed by atoms with E-state index in [0.717, 1.165) is 34.7 Å². The Kier molecular flexibility index (Phi) is 14.7. The first-order valence-electron chi connectivity index (χ1n) is 17.0. The lowest BCUT2D eigenvalue weighted by atomic mass is 9.87. The van der Waals surface area contributed by atoms with Gasteiger partial charge in [-0.15, -0.1) is 0 Å². The van der Waals surface area contributed by atoms with Gasteiger partial charge in [0.25, 0.3) is 5.91 Å². The van der Waals surface area contributed by atoms with Gasteiger partial charge in [-0.05, 0) is 69.5 Å². The van der Waals surface area contributed by atoms with Crippen LogP contribution in [0.4, 0.5) is 10.5 Å². The average molecular weight is 677 g/mol. The molecule has 1 fully saturated rings. The molecule has 0 radical (unpaired) electrons. The molecule has 1 aliphatic rings. The summed E-state index contributed by atoms with van der Waals surface area (Å²) in [7, 11) is 3.31. The van der Waals surface area contributed by atoms with Crippen molar-refractivity contribution in [3.63, 3.8) is 0 Å². The van der Waals surface area contributed by atoms with Crippen LogP contribution in [0.15, 0.2) is 78.9 Å². The lowest BCUT2D eigenvalue weighted by molar-refractivity contribution is -0.126. The molecule has 3 aromatic rings. The number of hydrogen-bond acceptors (Lipinski definition) is 8. The summed E-state index contributed by atoms with van der Waals surface area (Å²) < 4.78 is 34.5. The van der Waals surface area contributed by atoms with Crippen LogP contribution in [0.2, 0.25) is 0 Å². The molecule has 49 heavy (non-hydrogen) atoms. The molecular formula is C39H52N2O8.